The minimum atomic E-state index is -4.61. The molecule has 0 aliphatic heterocycles. The number of carbonyl (C=O) groups excluding carboxylic acids is 2. The van der Waals surface area contributed by atoms with Crippen molar-refractivity contribution in [2.45, 2.75) is 32.5 Å². The van der Waals surface area contributed by atoms with Gasteiger partial charge in [0.15, 0.2) is 0 Å². The summed E-state index contributed by atoms with van der Waals surface area (Å²) in [5.41, 5.74) is -0.696. The number of alkyl halides is 3. The van der Waals surface area contributed by atoms with Crippen LogP contribution in [0.1, 0.15) is 25.1 Å². The first-order valence-corrected chi connectivity index (χ1v) is 7.34. The Balaban J connectivity index is 2.48. The van der Waals surface area contributed by atoms with Gasteiger partial charge in [0.05, 0.1) is 6.61 Å². The Morgan fingerprint density at radius 1 is 1.29 bits per heavy atom. The van der Waals surface area contributed by atoms with E-state index in [0.29, 0.717) is 10.9 Å². The molecule has 0 aliphatic rings. The van der Waals surface area contributed by atoms with E-state index >= 15 is 0 Å². The van der Waals surface area contributed by atoms with E-state index < -0.39 is 29.8 Å². The van der Waals surface area contributed by atoms with Crippen LogP contribution in [0.3, 0.4) is 0 Å². The smallest absolute Gasteiger partial charge is 0.431 e. The minimum absolute atomic E-state index is 0.0644. The normalized spacial score (nSPS) is 12.9. The van der Waals surface area contributed by atoms with Crippen LogP contribution in [0.2, 0.25) is 0 Å². The van der Waals surface area contributed by atoms with Gasteiger partial charge in [0.2, 0.25) is 5.91 Å². The van der Waals surface area contributed by atoms with Crippen molar-refractivity contribution in [3.8, 4) is 0 Å². The van der Waals surface area contributed by atoms with E-state index in [0.717, 1.165) is 0 Å². The van der Waals surface area contributed by atoms with Crippen LogP contribution >= 0.6 is 0 Å². The van der Waals surface area contributed by atoms with Gasteiger partial charge in [-0.3, -0.25) is 4.79 Å². The molecule has 0 fully saturated rings. The van der Waals surface area contributed by atoms with Gasteiger partial charge in [-0.2, -0.15) is 13.2 Å². The zero-order chi connectivity index (χ0) is 17.9. The Bertz CT molecular complexity index is 753. The van der Waals surface area contributed by atoms with Crippen molar-refractivity contribution in [1.82, 2.24) is 10.3 Å². The van der Waals surface area contributed by atoms with E-state index in [1.165, 1.54) is 19.1 Å². The summed E-state index contributed by atoms with van der Waals surface area (Å²) >= 11 is 0. The van der Waals surface area contributed by atoms with Gasteiger partial charge in [0.1, 0.15) is 11.7 Å². The standard InChI is InChI=1S/C16H17F3N2O3/c1-3-24-15(23)13(20-9(2)22)8-11-10-6-4-5-7-12(10)21-14(11)16(17,18)19/h4-7,13,21H,3,8H2,1-2H3,(H,20,22)/t13-/m0/s1. The second-order valence-corrected chi connectivity index (χ2v) is 5.23. The molecule has 8 heteroatoms. The molecule has 130 valence electrons. The second-order valence-electron chi connectivity index (χ2n) is 5.23. The molecule has 2 N–H and O–H groups in total. The number of aromatic amines is 1. The average Bonchev–Trinajstić information content (AvgIpc) is 2.85. The number of hydrogen-bond acceptors (Lipinski definition) is 3. The van der Waals surface area contributed by atoms with Crippen molar-refractivity contribution in [3.05, 3.63) is 35.5 Å². The lowest BCUT2D eigenvalue weighted by atomic mass is 10.0. The summed E-state index contributed by atoms with van der Waals surface area (Å²) in [7, 11) is 0. The van der Waals surface area contributed by atoms with Gasteiger partial charge in [-0.25, -0.2) is 4.79 Å². The highest BCUT2D eigenvalue weighted by atomic mass is 19.4. The van der Waals surface area contributed by atoms with Crippen LogP contribution in [0, 0.1) is 0 Å². The largest absolute Gasteiger partial charge is 0.464 e. The quantitative estimate of drug-likeness (QED) is 0.821. The number of fused-ring (bicyclic) bond motifs is 1. The van der Waals surface area contributed by atoms with E-state index in [1.54, 1.807) is 19.1 Å². The molecule has 1 atom stereocenters. The Morgan fingerprint density at radius 2 is 1.96 bits per heavy atom. The second kappa shape index (κ2) is 6.94. The molecule has 0 spiro atoms. The predicted molar refractivity (Wildman–Crippen MR) is 81.2 cm³/mol. The maximum Gasteiger partial charge on any atom is 0.431 e. The molecule has 1 heterocycles. The molecule has 5 nitrogen and oxygen atoms in total. The van der Waals surface area contributed by atoms with Crippen molar-refractivity contribution >= 4 is 22.8 Å². The molecule has 1 amide bonds. The highest BCUT2D eigenvalue weighted by Crippen LogP contribution is 2.36. The van der Waals surface area contributed by atoms with Crippen LogP contribution in [0.4, 0.5) is 13.2 Å². The molecule has 0 aliphatic carbocycles. The van der Waals surface area contributed by atoms with Gasteiger partial charge in [0.25, 0.3) is 0 Å². The van der Waals surface area contributed by atoms with E-state index in [9.17, 15) is 22.8 Å². The summed E-state index contributed by atoms with van der Waals surface area (Å²) in [6, 6.07) is 5.08. The van der Waals surface area contributed by atoms with Gasteiger partial charge in [0, 0.05) is 24.2 Å². The lowest BCUT2D eigenvalue weighted by molar-refractivity contribution is -0.148. The van der Waals surface area contributed by atoms with Crippen molar-refractivity contribution in [1.29, 1.82) is 0 Å². The number of benzene rings is 1. The zero-order valence-electron chi connectivity index (χ0n) is 13.2. The molecule has 0 saturated heterocycles. The number of halogens is 3. The maximum atomic E-state index is 13.3. The van der Waals surface area contributed by atoms with E-state index in [2.05, 4.69) is 10.3 Å². The fourth-order valence-corrected chi connectivity index (χ4v) is 2.54. The third kappa shape index (κ3) is 3.87. The maximum absolute atomic E-state index is 13.3. The molecule has 0 bridgehead atoms. The summed E-state index contributed by atoms with van der Waals surface area (Å²) in [5.74, 6) is -1.30. The van der Waals surface area contributed by atoms with E-state index in [4.69, 9.17) is 4.74 Å². The summed E-state index contributed by atoms with van der Waals surface area (Å²) in [4.78, 5) is 25.6. The number of aromatic nitrogens is 1. The number of esters is 1. The number of amides is 1. The molecule has 0 saturated carbocycles. The van der Waals surface area contributed by atoms with Crippen LogP contribution in [0.5, 0.6) is 0 Å². The number of ether oxygens (including phenoxy) is 1. The average molecular weight is 342 g/mol. The Labute approximate surface area is 136 Å². The predicted octanol–water partition coefficient (Wildman–Crippen LogP) is 2.80. The van der Waals surface area contributed by atoms with Crippen LogP contribution in [-0.2, 0) is 26.9 Å². The van der Waals surface area contributed by atoms with Crippen LogP contribution in [0.25, 0.3) is 10.9 Å². The van der Waals surface area contributed by atoms with Gasteiger partial charge in [-0.15, -0.1) is 0 Å². The summed E-state index contributed by atoms with van der Waals surface area (Å²) in [5, 5.41) is 2.70. The van der Waals surface area contributed by atoms with Gasteiger partial charge < -0.3 is 15.0 Å². The van der Waals surface area contributed by atoms with Crippen molar-refractivity contribution in [2.75, 3.05) is 6.61 Å². The Morgan fingerprint density at radius 3 is 2.54 bits per heavy atom. The van der Waals surface area contributed by atoms with Crippen LogP contribution < -0.4 is 5.32 Å². The first kappa shape index (κ1) is 17.8. The molecule has 0 radical (unpaired) electrons. The lowest BCUT2D eigenvalue weighted by Crippen LogP contribution is -2.42. The number of H-pyrrole nitrogens is 1. The number of nitrogens with one attached hydrogen (secondary N) is 2. The SMILES string of the molecule is CCOC(=O)[C@H](Cc1c(C(F)(F)F)[nH]c2ccccc12)NC(C)=O. The Kier molecular flexibility index (Phi) is 5.16. The van der Waals surface area contributed by atoms with Crippen molar-refractivity contribution in [3.63, 3.8) is 0 Å². The Hall–Kier alpha value is -2.51. The fourth-order valence-electron chi connectivity index (χ4n) is 2.54. The highest BCUT2D eigenvalue weighted by molar-refractivity contribution is 5.87. The molecule has 24 heavy (non-hydrogen) atoms. The lowest BCUT2D eigenvalue weighted by Gasteiger charge is -2.17. The monoisotopic (exact) mass is 342 g/mol. The van der Waals surface area contributed by atoms with E-state index in [-0.39, 0.29) is 18.6 Å². The van der Waals surface area contributed by atoms with Crippen LogP contribution in [-0.4, -0.2) is 29.5 Å². The van der Waals surface area contributed by atoms with Gasteiger partial charge in [-0.1, -0.05) is 18.2 Å². The van der Waals surface area contributed by atoms with Gasteiger partial charge >= 0.3 is 12.1 Å². The van der Waals surface area contributed by atoms with Gasteiger partial charge in [-0.05, 0) is 18.6 Å². The molecule has 2 rings (SSSR count). The summed E-state index contributed by atoms with van der Waals surface area (Å²) in [6.07, 6.45) is -4.93. The van der Waals surface area contributed by atoms with Crippen molar-refractivity contribution in [2.24, 2.45) is 0 Å². The highest BCUT2D eigenvalue weighted by Gasteiger charge is 2.37. The number of carbonyl (C=O) groups is 2. The number of rotatable bonds is 5. The molecule has 0 unspecified atom stereocenters. The third-order valence-corrected chi connectivity index (χ3v) is 3.45. The fraction of sp³-hybridized carbons (Fsp3) is 0.375. The minimum Gasteiger partial charge on any atom is -0.464 e. The molecular formula is C16H17F3N2O3. The molecule has 1 aromatic heterocycles. The number of hydrogen-bond donors (Lipinski definition) is 2. The third-order valence-electron chi connectivity index (χ3n) is 3.45. The first-order valence-electron chi connectivity index (χ1n) is 7.34. The molecule has 1 aromatic carbocycles. The molecule has 2 aromatic rings. The van der Waals surface area contributed by atoms with Crippen LogP contribution in [0.15, 0.2) is 24.3 Å². The summed E-state index contributed by atoms with van der Waals surface area (Å²) < 4.78 is 44.8. The topological polar surface area (TPSA) is 71.2 Å². The first-order chi connectivity index (χ1) is 11.2. The summed E-state index contributed by atoms with van der Waals surface area (Å²) in [6.45, 7) is 2.83. The number of para-hydroxylation sites is 1. The zero-order valence-corrected chi connectivity index (χ0v) is 13.2. The van der Waals surface area contributed by atoms with Crippen molar-refractivity contribution < 1.29 is 27.5 Å². The molecular weight excluding hydrogens is 325 g/mol. The van der Waals surface area contributed by atoms with E-state index in [1.807, 2.05) is 0 Å².